The van der Waals surface area contributed by atoms with Crippen molar-refractivity contribution in [2.45, 2.75) is 0 Å². The summed E-state index contributed by atoms with van der Waals surface area (Å²) >= 11 is 7.15. The molecular formula is C17H11ClN2O3S. The maximum absolute atomic E-state index is 12.0. The van der Waals surface area contributed by atoms with Crippen molar-refractivity contribution in [1.82, 2.24) is 5.32 Å². The average molecular weight is 359 g/mol. The molecule has 1 saturated heterocycles. The molecule has 1 aliphatic heterocycles. The van der Waals surface area contributed by atoms with Gasteiger partial charge >= 0.3 is 5.97 Å². The second-order valence-corrected chi connectivity index (χ2v) is 6.36. The minimum Gasteiger partial charge on any atom is -0.478 e. The Balaban J connectivity index is 1.80. The van der Waals surface area contributed by atoms with Gasteiger partial charge in [0.2, 0.25) is 0 Å². The number of amidine groups is 1. The van der Waals surface area contributed by atoms with E-state index in [0.29, 0.717) is 20.8 Å². The summed E-state index contributed by atoms with van der Waals surface area (Å²) in [6.45, 7) is 0. The number of aliphatic imine (C=N–C) groups is 1. The second kappa shape index (κ2) is 6.90. The highest BCUT2D eigenvalue weighted by atomic mass is 35.5. The Bertz CT molecular complexity index is 876. The molecule has 1 fully saturated rings. The average Bonchev–Trinajstić information content (AvgIpc) is 2.87. The lowest BCUT2D eigenvalue weighted by Gasteiger charge is -1.97. The van der Waals surface area contributed by atoms with Crippen molar-refractivity contribution in [3.8, 4) is 0 Å². The van der Waals surface area contributed by atoms with Crippen molar-refractivity contribution in [3.63, 3.8) is 0 Å². The number of nitrogens with one attached hydrogen (secondary N) is 1. The van der Waals surface area contributed by atoms with Crippen molar-refractivity contribution >= 4 is 52.2 Å². The molecule has 1 amide bonds. The van der Waals surface area contributed by atoms with Crippen LogP contribution in [0.3, 0.4) is 0 Å². The first-order valence-corrected chi connectivity index (χ1v) is 8.09. The predicted molar refractivity (Wildman–Crippen MR) is 95.7 cm³/mol. The highest BCUT2D eigenvalue weighted by molar-refractivity contribution is 8.18. The number of rotatable bonds is 3. The quantitative estimate of drug-likeness (QED) is 0.815. The van der Waals surface area contributed by atoms with Crippen molar-refractivity contribution in [2.24, 2.45) is 4.99 Å². The number of aromatic carboxylic acids is 1. The normalized spacial score (nSPS) is 17.3. The molecule has 2 aromatic carbocycles. The highest BCUT2D eigenvalue weighted by Gasteiger charge is 2.23. The van der Waals surface area contributed by atoms with Gasteiger partial charge < -0.3 is 10.4 Å². The van der Waals surface area contributed by atoms with E-state index in [4.69, 9.17) is 16.7 Å². The first-order chi connectivity index (χ1) is 11.5. The molecule has 5 nitrogen and oxygen atoms in total. The van der Waals surface area contributed by atoms with Crippen LogP contribution in [0.2, 0.25) is 5.02 Å². The first kappa shape index (κ1) is 16.3. The van der Waals surface area contributed by atoms with E-state index in [1.165, 1.54) is 23.9 Å². The number of hydrogen-bond donors (Lipinski definition) is 2. The third-order valence-electron chi connectivity index (χ3n) is 3.14. The molecule has 7 heteroatoms. The van der Waals surface area contributed by atoms with Crippen LogP contribution in [0.1, 0.15) is 15.9 Å². The van der Waals surface area contributed by atoms with E-state index in [1.807, 2.05) is 12.1 Å². The molecule has 2 aromatic rings. The van der Waals surface area contributed by atoms with Crippen LogP contribution in [-0.2, 0) is 4.79 Å². The SMILES string of the molecule is O=C1NC(=Nc2ccc(C(=O)O)cc2)S/C1=C\c1cccc(Cl)c1. The van der Waals surface area contributed by atoms with Gasteiger partial charge in [0.15, 0.2) is 5.17 Å². The van der Waals surface area contributed by atoms with Gasteiger partial charge in [-0.25, -0.2) is 9.79 Å². The number of carboxylic acid groups (broad SMARTS) is 1. The van der Waals surface area contributed by atoms with Gasteiger partial charge in [-0.05, 0) is 59.8 Å². The zero-order valence-corrected chi connectivity index (χ0v) is 13.8. The van der Waals surface area contributed by atoms with Gasteiger partial charge in [-0.1, -0.05) is 23.7 Å². The van der Waals surface area contributed by atoms with Gasteiger partial charge in [0.05, 0.1) is 16.2 Å². The smallest absolute Gasteiger partial charge is 0.335 e. The molecule has 0 atom stereocenters. The number of hydrogen-bond acceptors (Lipinski definition) is 4. The Hall–Kier alpha value is -2.57. The topological polar surface area (TPSA) is 78.8 Å². The number of benzene rings is 2. The van der Waals surface area contributed by atoms with E-state index >= 15 is 0 Å². The number of carbonyl (C=O) groups is 2. The molecule has 0 aromatic heterocycles. The fourth-order valence-corrected chi connectivity index (χ4v) is 3.06. The number of halogens is 1. The van der Waals surface area contributed by atoms with E-state index in [2.05, 4.69) is 10.3 Å². The van der Waals surface area contributed by atoms with Crippen LogP contribution in [0.4, 0.5) is 5.69 Å². The first-order valence-electron chi connectivity index (χ1n) is 6.90. The van der Waals surface area contributed by atoms with Crippen molar-refractivity contribution in [3.05, 3.63) is 69.6 Å². The summed E-state index contributed by atoms with van der Waals surface area (Å²) in [5.41, 5.74) is 1.57. The fourth-order valence-electron chi connectivity index (χ4n) is 2.02. The Morgan fingerprint density at radius 2 is 1.96 bits per heavy atom. The van der Waals surface area contributed by atoms with Crippen molar-refractivity contribution in [2.75, 3.05) is 0 Å². The number of thioether (sulfide) groups is 1. The van der Waals surface area contributed by atoms with Crippen LogP contribution in [0, 0.1) is 0 Å². The molecule has 0 bridgehead atoms. The van der Waals surface area contributed by atoms with Crippen LogP contribution in [0.25, 0.3) is 6.08 Å². The zero-order chi connectivity index (χ0) is 17.1. The zero-order valence-electron chi connectivity index (χ0n) is 12.2. The Morgan fingerprint density at radius 1 is 1.21 bits per heavy atom. The van der Waals surface area contributed by atoms with E-state index in [9.17, 15) is 9.59 Å². The number of carboxylic acids is 1. The number of amides is 1. The minimum absolute atomic E-state index is 0.184. The molecule has 0 aliphatic carbocycles. The van der Waals surface area contributed by atoms with Crippen LogP contribution in [0.15, 0.2) is 58.4 Å². The summed E-state index contributed by atoms with van der Waals surface area (Å²) in [5.74, 6) is -1.23. The van der Waals surface area contributed by atoms with Gasteiger partial charge in [-0.2, -0.15) is 0 Å². The molecule has 24 heavy (non-hydrogen) atoms. The van der Waals surface area contributed by atoms with Crippen LogP contribution in [0.5, 0.6) is 0 Å². The summed E-state index contributed by atoms with van der Waals surface area (Å²) in [7, 11) is 0. The van der Waals surface area contributed by atoms with Gasteiger partial charge in [-0.3, -0.25) is 4.79 Å². The monoisotopic (exact) mass is 358 g/mol. The van der Waals surface area contributed by atoms with Crippen LogP contribution >= 0.6 is 23.4 Å². The van der Waals surface area contributed by atoms with E-state index in [-0.39, 0.29) is 11.5 Å². The molecule has 2 N–H and O–H groups in total. The van der Waals surface area contributed by atoms with E-state index in [1.54, 1.807) is 30.3 Å². The summed E-state index contributed by atoms with van der Waals surface area (Å²) in [4.78, 5) is 27.7. The number of nitrogens with zero attached hydrogens (tertiary/aromatic N) is 1. The Labute approximate surface area is 147 Å². The summed E-state index contributed by atoms with van der Waals surface area (Å²) < 4.78 is 0. The predicted octanol–water partition coefficient (Wildman–Crippen LogP) is 3.93. The molecular weight excluding hydrogens is 348 g/mol. The van der Waals surface area contributed by atoms with Crippen molar-refractivity contribution < 1.29 is 14.7 Å². The van der Waals surface area contributed by atoms with E-state index in [0.717, 1.165) is 5.56 Å². The fraction of sp³-hybridized carbons (Fsp3) is 0. The third kappa shape index (κ3) is 3.84. The Kier molecular flexibility index (Phi) is 4.69. The summed E-state index contributed by atoms with van der Waals surface area (Å²) in [6, 6.07) is 13.3. The van der Waals surface area contributed by atoms with Crippen LogP contribution in [-0.4, -0.2) is 22.2 Å². The second-order valence-electron chi connectivity index (χ2n) is 4.89. The minimum atomic E-state index is -0.996. The molecule has 0 unspecified atom stereocenters. The molecule has 3 rings (SSSR count). The van der Waals surface area contributed by atoms with E-state index < -0.39 is 5.97 Å². The maximum Gasteiger partial charge on any atom is 0.335 e. The lowest BCUT2D eigenvalue weighted by Crippen LogP contribution is -2.19. The molecule has 0 spiro atoms. The third-order valence-corrected chi connectivity index (χ3v) is 4.29. The number of carbonyl (C=O) groups excluding carboxylic acids is 1. The molecule has 0 radical (unpaired) electrons. The van der Waals surface area contributed by atoms with Crippen LogP contribution < -0.4 is 5.32 Å². The molecule has 0 saturated carbocycles. The molecule has 1 heterocycles. The molecule has 120 valence electrons. The van der Waals surface area contributed by atoms with Gasteiger partial charge in [0.1, 0.15) is 0 Å². The summed E-state index contributed by atoms with van der Waals surface area (Å²) in [6.07, 6.45) is 1.74. The van der Waals surface area contributed by atoms with Gasteiger partial charge in [-0.15, -0.1) is 0 Å². The van der Waals surface area contributed by atoms with Crippen molar-refractivity contribution in [1.29, 1.82) is 0 Å². The lowest BCUT2D eigenvalue weighted by atomic mass is 10.2. The standard InChI is InChI=1S/C17H11ClN2O3S/c18-12-3-1-2-10(8-12)9-14-15(21)20-17(24-14)19-13-6-4-11(5-7-13)16(22)23/h1-9H,(H,22,23)(H,19,20,21)/b14-9-. The van der Waals surface area contributed by atoms with Gasteiger partial charge in [0.25, 0.3) is 5.91 Å². The molecule has 1 aliphatic rings. The van der Waals surface area contributed by atoms with Gasteiger partial charge in [0, 0.05) is 5.02 Å². The maximum atomic E-state index is 12.0. The Morgan fingerprint density at radius 3 is 2.62 bits per heavy atom. The summed E-state index contributed by atoms with van der Waals surface area (Å²) in [5, 5.41) is 12.6. The largest absolute Gasteiger partial charge is 0.478 e. The lowest BCUT2D eigenvalue weighted by molar-refractivity contribution is -0.115. The highest BCUT2D eigenvalue weighted by Crippen LogP contribution is 2.28.